The number of ether oxygens (including phenoxy) is 1. The van der Waals surface area contributed by atoms with E-state index in [1.165, 1.54) is 0 Å². The second-order valence-electron chi connectivity index (χ2n) is 4.80. The number of carboxylic acids is 1. The zero-order valence-corrected chi connectivity index (χ0v) is 11.5. The molecular formula is C14H19NO5. The summed E-state index contributed by atoms with van der Waals surface area (Å²) in [5, 5.41) is 19.9. The van der Waals surface area contributed by atoms with Gasteiger partial charge in [-0.3, -0.25) is 4.79 Å². The summed E-state index contributed by atoms with van der Waals surface area (Å²) in [5.74, 6) is -0.886. The quantitative estimate of drug-likeness (QED) is 0.690. The molecular weight excluding hydrogens is 262 g/mol. The lowest BCUT2D eigenvalue weighted by molar-refractivity contribution is -0.146. The first-order valence-corrected chi connectivity index (χ1v) is 6.32. The molecule has 20 heavy (non-hydrogen) atoms. The maximum atomic E-state index is 11.8. The maximum Gasteiger partial charge on any atom is 0.334 e. The van der Waals surface area contributed by atoms with E-state index < -0.39 is 18.0 Å². The molecule has 0 radical (unpaired) electrons. The topological polar surface area (TPSA) is 95.9 Å². The first-order valence-electron chi connectivity index (χ1n) is 6.32. The van der Waals surface area contributed by atoms with Crippen LogP contribution in [0.4, 0.5) is 0 Å². The van der Waals surface area contributed by atoms with Crippen molar-refractivity contribution in [2.45, 2.75) is 20.0 Å². The zero-order chi connectivity index (χ0) is 15.1. The normalized spacial score (nSPS) is 12.0. The van der Waals surface area contributed by atoms with Crippen molar-refractivity contribution in [3.8, 4) is 5.75 Å². The van der Waals surface area contributed by atoms with Gasteiger partial charge in [-0.1, -0.05) is 19.9 Å². The minimum atomic E-state index is -1.61. The number of carbonyl (C=O) groups excluding carboxylic acids is 1. The minimum Gasteiger partial charge on any atom is -0.493 e. The minimum absolute atomic E-state index is 0.342. The highest BCUT2D eigenvalue weighted by Gasteiger charge is 2.15. The van der Waals surface area contributed by atoms with Crippen molar-refractivity contribution in [1.29, 1.82) is 0 Å². The number of amides is 1. The molecule has 6 nitrogen and oxygen atoms in total. The monoisotopic (exact) mass is 281 g/mol. The van der Waals surface area contributed by atoms with Crippen molar-refractivity contribution in [3.05, 3.63) is 29.8 Å². The molecule has 0 heterocycles. The van der Waals surface area contributed by atoms with Crippen LogP contribution in [-0.2, 0) is 4.79 Å². The van der Waals surface area contributed by atoms with Crippen LogP contribution >= 0.6 is 0 Å². The smallest absolute Gasteiger partial charge is 0.334 e. The molecule has 0 aromatic heterocycles. The van der Waals surface area contributed by atoms with Crippen molar-refractivity contribution in [1.82, 2.24) is 5.32 Å². The second-order valence-corrected chi connectivity index (χ2v) is 4.80. The Bertz CT molecular complexity index is 472. The van der Waals surface area contributed by atoms with E-state index in [-0.39, 0.29) is 6.54 Å². The van der Waals surface area contributed by atoms with E-state index in [2.05, 4.69) is 5.32 Å². The molecule has 110 valence electrons. The van der Waals surface area contributed by atoms with Crippen molar-refractivity contribution in [2.24, 2.45) is 5.92 Å². The lowest BCUT2D eigenvalue weighted by Gasteiger charge is -2.11. The second kappa shape index (κ2) is 7.49. The van der Waals surface area contributed by atoms with Crippen molar-refractivity contribution < 1.29 is 24.5 Å². The number of hydrogen-bond donors (Lipinski definition) is 3. The highest BCUT2D eigenvalue weighted by molar-refractivity contribution is 5.94. The summed E-state index contributed by atoms with van der Waals surface area (Å²) in [6, 6.07) is 6.58. The molecule has 0 saturated carbocycles. The maximum absolute atomic E-state index is 11.8. The lowest BCUT2D eigenvalue weighted by atomic mass is 10.2. The average molecular weight is 281 g/mol. The van der Waals surface area contributed by atoms with Crippen molar-refractivity contribution >= 4 is 11.9 Å². The van der Waals surface area contributed by atoms with Gasteiger partial charge in [0.1, 0.15) is 5.75 Å². The van der Waals surface area contributed by atoms with Crippen LogP contribution in [0.5, 0.6) is 5.75 Å². The standard InChI is InChI=1S/C14H19NO5/c1-9(2)8-20-11-5-3-4-10(6-11)13(17)15-7-12(16)14(18)19/h3-6,9,12,16H,7-8H2,1-2H3,(H,15,17)(H,18,19). The summed E-state index contributed by atoms with van der Waals surface area (Å²) in [6.07, 6.45) is -1.61. The molecule has 6 heteroatoms. The van der Waals surface area contributed by atoms with Crippen LogP contribution in [0.15, 0.2) is 24.3 Å². The first-order chi connectivity index (χ1) is 9.40. The lowest BCUT2D eigenvalue weighted by Crippen LogP contribution is -2.36. The fraction of sp³-hybridized carbons (Fsp3) is 0.429. The summed E-state index contributed by atoms with van der Waals surface area (Å²) < 4.78 is 5.50. The Balaban J connectivity index is 2.59. The molecule has 0 bridgehead atoms. The van der Waals surface area contributed by atoms with Gasteiger partial charge in [0.25, 0.3) is 5.91 Å². The Morgan fingerprint density at radius 2 is 2.05 bits per heavy atom. The van der Waals surface area contributed by atoms with E-state index >= 15 is 0 Å². The van der Waals surface area contributed by atoms with Crippen LogP contribution in [0.25, 0.3) is 0 Å². The number of aliphatic hydroxyl groups excluding tert-OH is 1. The van der Waals surface area contributed by atoms with Crippen LogP contribution in [0.1, 0.15) is 24.2 Å². The van der Waals surface area contributed by atoms with Crippen LogP contribution in [0, 0.1) is 5.92 Å². The van der Waals surface area contributed by atoms with E-state index in [0.717, 1.165) is 0 Å². The number of aliphatic carboxylic acids is 1. The molecule has 1 aromatic rings. The molecule has 1 rings (SSSR count). The van der Waals surface area contributed by atoms with Gasteiger partial charge in [-0.2, -0.15) is 0 Å². The van der Waals surface area contributed by atoms with Crippen LogP contribution in [0.2, 0.25) is 0 Å². The van der Waals surface area contributed by atoms with Crippen molar-refractivity contribution in [3.63, 3.8) is 0 Å². The number of carbonyl (C=O) groups is 2. The average Bonchev–Trinajstić information content (AvgIpc) is 2.42. The van der Waals surface area contributed by atoms with Crippen LogP contribution in [0.3, 0.4) is 0 Å². The summed E-state index contributed by atoms with van der Waals surface area (Å²) in [6.45, 7) is 4.24. The Morgan fingerprint density at radius 1 is 1.35 bits per heavy atom. The number of benzene rings is 1. The molecule has 1 atom stereocenters. The van der Waals surface area contributed by atoms with Gasteiger partial charge in [0.15, 0.2) is 6.10 Å². The predicted octanol–water partition coefficient (Wildman–Crippen LogP) is 0.897. The number of nitrogens with one attached hydrogen (secondary N) is 1. The highest BCUT2D eigenvalue weighted by Crippen LogP contribution is 2.14. The summed E-state index contributed by atoms with van der Waals surface area (Å²) >= 11 is 0. The number of aliphatic hydroxyl groups is 1. The van der Waals surface area contributed by atoms with Gasteiger partial charge >= 0.3 is 5.97 Å². The Morgan fingerprint density at radius 3 is 2.65 bits per heavy atom. The molecule has 0 saturated heterocycles. The van der Waals surface area contributed by atoms with E-state index in [4.69, 9.17) is 14.9 Å². The third-order valence-corrected chi connectivity index (χ3v) is 2.42. The Hall–Kier alpha value is -2.08. The fourth-order valence-corrected chi connectivity index (χ4v) is 1.37. The molecule has 0 aliphatic rings. The molecule has 0 fully saturated rings. The summed E-state index contributed by atoms with van der Waals surface area (Å²) in [5.41, 5.74) is 0.351. The van der Waals surface area contributed by atoms with Gasteiger partial charge in [-0.05, 0) is 24.1 Å². The molecule has 0 aliphatic carbocycles. The van der Waals surface area contributed by atoms with E-state index in [1.54, 1.807) is 24.3 Å². The van der Waals surface area contributed by atoms with Gasteiger partial charge in [0, 0.05) is 5.56 Å². The van der Waals surface area contributed by atoms with E-state index in [1.807, 2.05) is 13.8 Å². The highest BCUT2D eigenvalue weighted by atomic mass is 16.5. The SMILES string of the molecule is CC(C)COc1cccc(C(=O)NCC(O)C(=O)O)c1. The molecule has 1 aromatic carbocycles. The number of carboxylic acid groups (broad SMARTS) is 1. The van der Waals surface area contributed by atoms with Gasteiger partial charge in [0.05, 0.1) is 13.2 Å². The number of rotatable bonds is 7. The van der Waals surface area contributed by atoms with Gasteiger partial charge in [-0.15, -0.1) is 0 Å². The summed E-state index contributed by atoms with van der Waals surface area (Å²) in [4.78, 5) is 22.2. The fourth-order valence-electron chi connectivity index (χ4n) is 1.37. The van der Waals surface area contributed by atoms with Gasteiger partial charge in [0.2, 0.25) is 0 Å². The molecule has 3 N–H and O–H groups in total. The van der Waals surface area contributed by atoms with Gasteiger partial charge < -0.3 is 20.3 Å². The third kappa shape index (κ3) is 5.27. The van der Waals surface area contributed by atoms with Crippen LogP contribution in [-0.4, -0.2) is 41.3 Å². The van der Waals surface area contributed by atoms with E-state index in [9.17, 15) is 9.59 Å². The third-order valence-electron chi connectivity index (χ3n) is 2.42. The molecule has 1 amide bonds. The van der Waals surface area contributed by atoms with Gasteiger partial charge in [-0.25, -0.2) is 4.79 Å². The van der Waals surface area contributed by atoms with E-state index in [0.29, 0.717) is 23.8 Å². The summed E-state index contributed by atoms with van der Waals surface area (Å²) in [7, 11) is 0. The number of hydrogen-bond acceptors (Lipinski definition) is 4. The predicted molar refractivity (Wildman–Crippen MR) is 72.8 cm³/mol. The molecule has 0 aliphatic heterocycles. The first kappa shape index (κ1) is 16.0. The largest absolute Gasteiger partial charge is 0.493 e. The Labute approximate surface area is 117 Å². The zero-order valence-electron chi connectivity index (χ0n) is 11.5. The van der Waals surface area contributed by atoms with Crippen molar-refractivity contribution in [2.75, 3.05) is 13.2 Å². The molecule has 0 spiro atoms. The van der Waals surface area contributed by atoms with Crippen LogP contribution < -0.4 is 10.1 Å². The molecule has 1 unspecified atom stereocenters. The Kier molecular flexibility index (Phi) is 5.99.